The summed E-state index contributed by atoms with van der Waals surface area (Å²) in [7, 11) is 3.91. The molecule has 4 heteroatoms. The normalized spacial score (nSPS) is 15.6. The summed E-state index contributed by atoms with van der Waals surface area (Å²) >= 11 is 0. The lowest BCUT2D eigenvalue weighted by Gasteiger charge is -2.27. The summed E-state index contributed by atoms with van der Waals surface area (Å²) < 4.78 is 5.32. The van der Waals surface area contributed by atoms with Crippen molar-refractivity contribution in [2.45, 2.75) is 25.9 Å². The van der Waals surface area contributed by atoms with Crippen molar-refractivity contribution in [2.24, 2.45) is 0 Å². The van der Waals surface area contributed by atoms with Gasteiger partial charge in [0.05, 0.1) is 12.2 Å². The monoisotopic (exact) mass is 218 g/mol. The van der Waals surface area contributed by atoms with Crippen LogP contribution >= 0.6 is 0 Å². The molecular weight excluding hydrogens is 192 g/mol. The Bertz CT molecular complexity index is 150. The van der Waals surface area contributed by atoms with Crippen LogP contribution in [-0.2, 0) is 4.74 Å². The summed E-state index contributed by atoms with van der Waals surface area (Å²) in [5, 5.41) is 13.1. The number of aliphatic hydroxyl groups is 1. The second-order valence-electron chi connectivity index (χ2n) is 4.52. The molecule has 0 amide bonds. The van der Waals surface area contributed by atoms with Crippen molar-refractivity contribution in [3.8, 4) is 0 Å². The third-order valence-electron chi connectivity index (χ3n) is 1.93. The minimum absolute atomic E-state index is 0.598. The minimum atomic E-state index is -0.672. The molecule has 2 N–H and O–H groups in total. The van der Waals surface area contributed by atoms with Crippen LogP contribution in [0.3, 0.4) is 0 Å². The molecule has 92 valence electrons. The Morgan fingerprint density at radius 3 is 2.53 bits per heavy atom. The second kappa shape index (κ2) is 8.05. The third kappa shape index (κ3) is 10.1. The SMILES string of the molecule is CCCOCCNCC(C)(O)CN(C)C. The highest BCUT2D eigenvalue weighted by molar-refractivity contribution is 4.77. The lowest BCUT2D eigenvalue weighted by molar-refractivity contribution is 0.0316. The number of hydrogen-bond acceptors (Lipinski definition) is 4. The second-order valence-corrected chi connectivity index (χ2v) is 4.52. The zero-order valence-corrected chi connectivity index (χ0v) is 10.5. The highest BCUT2D eigenvalue weighted by atomic mass is 16.5. The van der Waals surface area contributed by atoms with Gasteiger partial charge in [0.25, 0.3) is 0 Å². The van der Waals surface area contributed by atoms with Crippen LogP contribution in [0.1, 0.15) is 20.3 Å². The Balaban J connectivity index is 3.40. The van der Waals surface area contributed by atoms with Crippen LogP contribution in [0.4, 0.5) is 0 Å². The maximum absolute atomic E-state index is 9.94. The summed E-state index contributed by atoms with van der Waals surface area (Å²) in [6.07, 6.45) is 1.05. The van der Waals surface area contributed by atoms with E-state index < -0.39 is 5.60 Å². The summed E-state index contributed by atoms with van der Waals surface area (Å²) in [5.74, 6) is 0. The van der Waals surface area contributed by atoms with Gasteiger partial charge in [0.15, 0.2) is 0 Å². The van der Waals surface area contributed by atoms with E-state index in [9.17, 15) is 5.11 Å². The summed E-state index contributed by atoms with van der Waals surface area (Å²) in [6.45, 7) is 7.52. The molecule has 0 aliphatic rings. The highest BCUT2D eigenvalue weighted by Crippen LogP contribution is 2.01. The molecule has 0 aromatic rings. The van der Waals surface area contributed by atoms with Crippen LogP contribution < -0.4 is 5.32 Å². The maximum Gasteiger partial charge on any atom is 0.0869 e. The topological polar surface area (TPSA) is 44.7 Å². The van der Waals surface area contributed by atoms with Crippen molar-refractivity contribution in [3.63, 3.8) is 0 Å². The number of likely N-dealkylation sites (N-methyl/N-ethyl adjacent to an activating group) is 1. The fourth-order valence-corrected chi connectivity index (χ4v) is 1.49. The van der Waals surface area contributed by atoms with E-state index in [1.165, 1.54) is 0 Å². The number of nitrogens with zero attached hydrogens (tertiary/aromatic N) is 1. The van der Waals surface area contributed by atoms with Crippen molar-refractivity contribution >= 4 is 0 Å². The van der Waals surface area contributed by atoms with E-state index in [2.05, 4.69) is 12.2 Å². The Morgan fingerprint density at radius 1 is 1.33 bits per heavy atom. The smallest absolute Gasteiger partial charge is 0.0869 e. The minimum Gasteiger partial charge on any atom is -0.388 e. The van der Waals surface area contributed by atoms with E-state index in [-0.39, 0.29) is 0 Å². The lowest BCUT2D eigenvalue weighted by Crippen LogP contribution is -2.46. The molecule has 0 aliphatic heterocycles. The van der Waals surface area contributed by atoms with Gasteiger partial charge < -0.3 is 20.1 Å². The average molecular weight is 218 g/mol. The van der Waals surface area contributed by atoms with Gasteiger partial charge in [-0.05, 0) is 27.4 Å². The van der Waals surface area contributed by atoms with E-state index in [1.807, 2.05) is 25.9 Å². The molecule has 0 bridgehead atoms. The molecule has 0 aliphatic carbocycles. The van der Waals surface area contributed by atoms with Crippen molar-refractivity contribution in [1.29, 1.82) is 0 Å². The third-order valence-corrected chi connectivity index (χ3v) is 1.93. The molecule has 0 fully saturated rings. The van der Waals surface area contributed by atoms with Gasteiger partial charge in [0.1, 0.15) is 0 Å². The van der Waals surface area contributed by atoms with Gasteiger partial charge in [-0.1, -0.05) is 6.92 Å². The molecule has 0 saturated heterocycles. The molecule has 15 heavy (non-hydrogen) atoms. The molecule has 0 heterocycles. The molecule has 1 unspecified atom stereocenters. The first kappa shape index (κ1) is 14.8. The average Bonchev–Trinajstić information content (AvgIpc) is 2.08. The first-order valence-corrected chi connectivity index (χ1v) is 5.63. The predicted octanol–water partition coefficient (Wildman–Crippen LogP) is 0.315. The Morgan fingerprint density at radius 2 is 2.00 bits per heavy atom. The molecule has 4 nitrogen and oxygen atoms in total. The van der Waals surface area contributed by atoms with Crippen LogP contribution in [0.15, 0.2) is 0 Å². The zero-order valence-electron chi connectivity index (χ0n) is 10.5. The number of ether oxygens (including phenoxy) is 1. The van der Waals surface area contributed by atoms with Gasteiger partial charge in [-0.15, -0.1) is 0 Å². The van der Waals surface area contributed by atoms with Gasteiger partial charge in [0.2, 0.25) is 0 Å². The molecule has 0 radical (unpaired) electrons. The number of rotatable bonds is 9. The van der Waals surface area contributed by atoms with E-state index in [0.717, 1.165) is 19.6 Å². The highest BCUT2D eigenvalue weighted by Gasteiger charge is 2.20. The van der Waals surface area contributed by atoms with Gasteiger partial charge in [-0.2, -0.15) is 0 Å². The number of nitrogens with one attached hydrogen (secondary N) is 1. The Hall–Kier alpha value is -0.160. The van der Waals surface area contributed by atoms with E-state index in [0.29, 0.717) is 19.7 Å². The molecule has 0 spiro atoms. The maximum atomic E-state index is 9.94. The summed E-state index contributed by atoms with van der Waals surface area (Å²) in [4.78, 5) is 1.98. The van der Waals surface area contributed by atoms with Crippen molar-refractivity contribution in [1.82, 2.24) is 10.2 Å². The van der Waals surface area contributed by atoms with Crippen LogP contribution in [0.25, 0.3) is 0 Å². The quantitative estimate of drug-likeness (QED) is 0.547. The lowest BCUT2D eigenvalue weighted by atomic mass is 10.1. The van der Waals surface area contributed by atoms with Gasteiger partial charge in [0, 0.05) is 26.2 Å². The first-order valence-electron chi connectivity index (χ1n) is 5.63. The van der Waals surface area contributed by atoms with Crippen LogP contribution in [-0.4, -0.2) is 62.6 Å². The molecule has 1 atom stereocenters. The molecule has 0 saturated carbocycles. The van der Waals surface area contributed by atoms with Crippen molar-refractivity contribution < 1.29 is 9.84 Å². The van der Waals surface area contributed by atoms with Crippen LogP contribution in [0.5, 0.6) is 0 Å². The van der Waals surface area contributed by atoms with Crippen molar-refractivity contribution in [2.75, 3.05) is 46.9 Å². The summed E-state index contributed by atoms with van der Waals surface area (Å²) in [5.41, 5.74) is -0.672. The fraction of sp³-hybridized carbons (Fsp3) is 1.00. The molecule has 0 aromatic carbocycles. The first-order chi connectivity index (χ1) is 6.98. The Labute approximate surface area is 93.6 Å². The van der Waals surface area contributed by atoms with E-state index >= 15 is 0 Å². The summed E-state index contributed by atoms with van der Waals surface area (Å²) in [6, 6.07) is 0. The van der Waals surface area contributed by atoms with Crippen molar-refractivity contribution in [3.05, 3.63) is 0 Å². The van der Waals surface area contributed by atoms with Crippen LogP contribution in [0.2, 0.25) is 0 Å². The molecular formula is C11H26N2O2. The standard InChI is InChI=1S/C11H26N2O2/c1-5-7-15-8-6-12-9-11(2,14)10-13(3)4/h12,14H,5-10H2,1-4H3. The Kier molecular flexibility index (Phi) is 7.96. The van der Waals surface area contributed by atoms with E-state index in [4.69, 9.17) is 4.74 Å². The largest absolute Gasteiger partial charge is 0.388 e. The van der Waals surface area contributed by atoms with Gasteiger partial charge >= 0.3 is 0 Å². The fourth-order valence-electron chi connectivity index (χ4n) is 1.49. The van der Waals surface area contributed by atoms with Gasteiger partial charge in [-0.25, -0.2) is 0 Å². The number of hydrogen-bond donors (Lipinski definition) is 2. The predicted molar refractivity (Wildman–Crippen MR) is 63.2 cm³/mol. The van der Waals surface area contributed by atoms with Gasteiger partial charge in [-0.3, -0.25) is 0 Å². The van der Waals surface area contributed by atoms with Crippen LogP contribution in [0, 0.1) is 0 Å². The molecule has 0 aromatic heterocycles. The van der Waals surface area contributed by atoms with E-state index in [1.54, 1.807) is 0 Å². The molecule has 0 rings (SSSR count). The zero-order chi connectivity index (χ0) is 11.7.